The van der Waals surface area contributed by atoms with E-state index in [9.17, 15) is 18.3 Å². The number of anilines is 1. The Balaban J connectivity index is 1.68. The molecule has 1 saturated carbocycles. The van der Waals surface area contributed by atoms with E-state index in [0.717, 1.165) is 6.07 Å². The van der Waals surface area contributed by atoms with Gasteiger partial charge in [0.15, 0.2) is 5.82 Å². The number of nitrogens with zero attached hydrogens (tertiary/aromatic N) is 3. The molecule has 6 nitrogen and oxygen atoms in total. The summed E-state index contributed by atoms with van der Waals surface area (Å²) in [6, 6.07) is 0.823. The lowest BCUT2D eigenvalue weighted by Crippen LogP contribution is -2.42. The van der Waals surface area contributed by atoms with Crippen molar-refractivity contribution >= 4 is 11.5 Å². The van der Waals surface area contributed by atoms with Gasteiger partial charge in [-0.3, -0.25) is 0 Å². The summed E-state index contributed by atoms with van der Waals surface area (Å²) in [5, 5.41) is 17.1. The first-order valence-electron chi connectivity index (χ1n) is 8.40. The van der Waals surface area contributed by atoms with Crippen molar-refractivity contribution in [2.45, 2.75) is 49.7 Å². The largest absolute Gasteiger partial charge is 0.389 e. The second kappa shape index (κ2) is 6.14. The summed E-state index contributed by atoms with van der Waals surface area (Å²) in [7, 11) is 0. The van der Waals surface area contributed by atoms with E-state index in [1.165, 1.54) is 10.7 Å². The maximum Gasteiger partial charge on any atom is 0.256 e. The van der Waals surface area contributed by atoms with Gasteiger partial charge in [-0.2, -0.15) is 0 Å². The molecule has 9 heteroatoms. The number of alkyl halides is 2. The molecule has 0 bridgehead atoms. The van der Waals surface area contributed by atoms with Crippen LogP contribution in [0.5, 0.6) is 0 Å². The number of aliphatic hydroxyl groups excluding tert-OH is 1. The van der Waals surface area contributed by atoms with Crippen molar-refractivity contribution in [3.63, 3.8) is 0 Å². The molecule has 1 aliphatic heterocycles. The topological polar surface area (TPSA) is 71.7 Å². The van der Waals surface area contributed by atoms with Crippen molar-refractivity contribution in [2.24, 2.45) is 0 Å². The van der Waals surface area contributed by atoms with Crippen LogP contribution < -0.4 is 5.32 Å². The monoisotopic (exact) mass is 356 g/mol. The van der Waals surface area contributed by atoms with Gasteiger partial charge in [0.25, 0.3) is 5.92 Å². The highest BCUT2D eigenvalue weighted by Crippen LogP contribution is 2.47. The average Bonchev–Trinajstić information content (AvgIpc) is 3.08. The molecular formula is C16H19F3N4O2. The van der Waals surface area contributed by atoms with Crippen LogP contribution in [0.2, 0.25) is 0 Å². The van der Waals surface area contributed by atoms with Crippen LogP contribution in [-0.4, -0.2) is 51.0 Å². The van der Waals surface area contributed by atoms with E-state index in [0.29, 0.717) is 25.9 Å². The van der Waals surface area contributed by atoms with Crippen LogP contribution >= 0.6 is 0 Å². The zero-order chi connectivity index (χ0) is 17.6. The Hall–Kier alpha value is -1.87. The first kappa shape index (κ1) is 16.6. The number of aliphatic hydroxyl groups is 1. The molecule has 0 aromatic carbocycles. The van der Waals surface area contributed by atoms with Crippen molar-refractivity contribution in [1.29, 1.82) is 0 Å². The lowest BCUT2D eigenvalue weighted by Gasteiger charge is -2.28. The number of fused-ring (bicyclic) bond motifs is 1. The second-order valence-corrected chi connectivity index (χ2v) is 6.68. The van der Waals surface area contributed by atoms with Crippen molar-refractivity contribution in [3.05, 3.63) is 23.8 Å². The van der Waals surface area contributed by atoms with Crippen molar-refractivity contribution in [1.82, 2.24) is 14.6 Å². The Morgan fingerprint density at radius 3 is 2.92 bits per heavy atom. The van der Waals surface area contributed by atoms with E-state index in [1.807, 2.05) is 0 Å². The first-order chi connectivity index (χ1) is 12.0. The Bertz CT molecular complexity index is 782. The van der Waals surface area contributed by atoms with Gasteiger partial charge in [-0.05, 0) is 25.3 Å². The number of hydrogen-bond donors (Lipinski definition) is 2. The molecule has 4 rings (SSSR count). The standard InChI is InChI=1S/C16H19F3N4O2/c17-10-6-12(9-2-1-4-16(9,18)19)23-13(10)7-20-15(22-23)21-11-3-5-25-8-14(11)24/h6-7,9,11,14,24H,1-5,8H2,(H,21,22)/t9?,11-,14-/m1/s1. The number of nitrogens with one attached hydrogen (secondary N) is 1. The van der Waals surface area contributed by atoms with E-state index in [2.05, 4.69) is 15.4 Å². The minimum atomic E-state index is -2.86. The fourth-order valence-electron chi connectivity index (χ4n) is 3.64. The van der Waals surface area contributed by atoms with Gasteiger partial charge in [-0.15, -0.1) is 5.10 Å². The van der Waals surface area contributed by atoms with Crippen LogP contribution in [0.1, 0.15) is 37.3 Å². The lowest BCUT2D eigenvalue weighted by atomic mass is 10.0. The summed E-state index contributed by atoms with van der Waals surface area (Å²) < 4.78 is 48.7. The second-order valence-electron chi connectivity index (χ2n) is 6.68. The Morgan fingerprint density at radius 2 is 2.20 bits per heavy atom. The molecule has 0 amide bonds. The Kier molecular flexibility index (Phi) is 4.07. The summed E-state index contributed by atoms with van der Waals surface area (Å²) in [5.74, 6) is -4.37. The van der Waals surface area contributed by atoms with Gasteiger partial charge in [0, 0.05) is 13.0 Å². The SMILES string of the molecule is O[C@@H]1COCC[C@H]1Nc1ncc2c(F)cc(C3CCCC3(F)F)n2n1. The van der Waals surface area contributed by atoms with Crippen LogP contribution in [0.4, 0.5) is 19.1 Å². The molecule has 3 heterocycles. The fourth-order valence-corrected chi connectivity index (χ4v) is 3.64. The number of aromatic nitrogens is 3. The molecule has 2 aromatic rings. The lowest BCUT2D eigenvalue weighted by molar-refractivity contribution is -0.0136. The molecule has 2 N–H and O–H groups in total. The fraction of sp³-hybridized carbons (Fsp3) is 0.625. The summed E-state index contributed by atoms with van der Waals surface area (Å²) in [6.07, 6.45) is 1.62. The summed E-state index contributed by atoms with van der Waals surface area (Å²) in [4.78, 5) is 4.05. The number of halogens is 3. The molecule has 1 saturated heterocycles. The molecule has 2 aliphatic rings. The minimum absolute atomic E-state index is 0.0655. The summed E-state index contributed by atoms with van der Waals surface area (Å²) in [5.41, 5.74) is 0.226. The van der Waals surface area contributed by atoms with E-state index in [4.69, 9.17) is 4.74 Å². The normalized spacial score (nSPS) is 29.2. The van der Waals surface area contributed by atoms with Gasteiger partial charge < -0.3 is 15.2 Å². The quantitative estimate of drug-likeness (QED) is 0.883. The van der Waals surface area contributed by atoms with Crippen LogP contribution in [0.3, 0.4) is 0 Å². The third-order valence-electron chi connectivity index (χ3n) is 5.01. The summed E-state index contributed by atoms with van der Waals surface area (Å²) in [6.45, 7) is 0.701. The molecule has 0 radical (unpaired) electrons. The zero-order valence-corrected chi connectivity index (χ0v) is 13.5. The molecule has 1 aliphatic carbocycles. The number of hydrogen-bond acceptors (Lipinski definition) is 5. The van der Waals surface area contributed by atoms with Gasteiger partial charge in [0.1, 0.15) is 5.52 Å². The van der Waals surface area contributed by atoms with Crippen molar-refractivity contribution in [2.75, 3.05) is 18.5 Å². The minimum Gasteiger partial charge on any atom is -0.389 e. The summed E-state index contributed by atoms with van der Waals surface area (Å²) >= 11 is 0. The van der Waals surface area contributed by atoms with E-state index in [-0.39, 0.29) is 36.2 Å². The molecule has 3 atom stereocenters. The predicted octanol–water partition coefficient (Wildman–Crippen LogP) is 2.33. The van der Waals surface area contributed by atoms with Crippen molar-refractivity contribution < 1.29 is 23.0 Å². The molecule has 2 aromatic heterocycles. The average molecular weight is 356 g/mol. The van der Waals surface area contributed by atoms with Gasteiger partial charge >= 0.3 is 0 Å². The van der Waals surface area contributed by atoms with E-state index >= 15 is 0 Å². The molecular weight excluding hydrogens is 337 g/mol. The zero-order valence-electron chi connectivity index (χ0n) is 13.5. The van der Waals surface area contributed by atoms with E-state index < -0.39 is 23.8 Å². The Morgan fingerprint density at radius 1 is 1.36 bits per heavy atom. The van der Waals surface area contributed by atoms with E-state index in [1.54, 1.807) is 0 Å². The third kappa shape index (κ3) is 2.95. The highest BCUT2D eigenvalue weighted by atomic mass is 19.3. The van der Waals surface area contributed by atoms with Crippen LogP contribution in [0.25, 0.3) is 5.52 Å². The van der Waals surface area contributed by atoms with Crippen LogP contribution in [0.15, 0.2) is 12.3 Å². The Labute approximate surface area is 142 Å². The first-order valence-corrected chi connectivity index (χ1v) is 8.40. The smallest absolute Gasteiger partial charge is 0.256 e. The highest BCUT2D eigenvalue weighted by molar-refractivity contribution is 5.51. The number of rotatable bonds is 3. The van der Waals surface area contributed by atoms with Gasteiger partial charge in [-0.25, -0.2) is 22.7 Å². The van der Waals surface area contributed by atoms with Crippen LogP contribution in [-0.2, 0) is 4.74 Å². The molecule has 136 valence electrons. The number of ether oxygens (including phenoxy) is 1. The molecule has 1 unspecified atom stereocenters. The van der Waals surface area contributed by atoms with Gasteiger partial charge in [-0.1, -0.05) is 0 Å². The molecule has 25 heavy (non-hydrogen) atoms. The highest BCUT2D eigenvalue weighted by Gasteiger charge is 2.46. The maximum atomic E-state index is 14.1. The van der Waals surface area contributed by atoms with Gasteiger partial charge in [0.2, 0.25) is 5.95 Å². The van der Waals surface area contributed by atoms with Crippen LogP contribution in [0, 0.1) is 5.82 Å². The van der Waals surface area contributed by atoms with Gasteiger partial charge in [0.05, 0.1) is 36.6 Å². The molecule has 0 spiro atoms. The molecule has 2 fully saturated rings. The third-order valence-corrected chi connectivity index (χ3v) is 5.01. The maximum absolute atomic E-state index is 14.1. The predicted molar refractivity (Wildman–Crippen MR) is 83.3 cm³/mol. The van der Waals surface area contributed by atoms with Crippen molar-refractivity contribution in [3.8, 4) is 0 Å².